The molecule has 3 heterocycles. The van der Waals surface area contributed by atoms with Crippen molar-refractivity contribution >= 4 is 51.0 Å². The van der Waals surface area contributed by atoms with Crippen LogP contribution in [-0.4, -0.2) is 30.9 Å². The standard InChI is InChI=1S/C24H17Cl2N5O4/c1-11-21-22(27-14-2-3-14)28-24(29-23(21)31(30-11)15-7-12(25)6-13(26)8-15)34-16-4-5-17-18(32)10-20(33)35-19(17)9-16/h4-10,14,32H,2-3H2,1H3,(H,27,28,29). The minimum absolute atomic E-state index is 0.0665. The summed E-state index contributed by atoms with van der Waals surface area (Å²) in [5.74, 6) is 0.766. The quantitative estimate of drug-likeness (QED) is 0.293. The van der Waals surface area contributed by atoms with Gasteiger partial charge in [0, 0.05) is 22.2 Å². The summed E-state index contributed by atoms with van der Waals surface area (Å²) in [6, 6.07) is 11.2. The second kappa shape index (κ2) is 8.14. The van der Waals surface area contributed by atoms with Crippen LogP contribution in [0, 0.1) is 6.92 Å². The summed E-state index contributed by atoms with van der Waals surface area (Å²) in [6.45, 7) is 1.88. The Morgan fingerprint density at radius 2 is 1.89 bits per heavy atom. The van der Waals surface area contributed by atoms with Gasteiger partial charge in [-0.3, -0.25) is 0 Å². The summed E-state index contributed by atoms with van der Waals surface area (Å²) in [4.78, 5) is 20.9. The van der Waals surface area contributed by atoms with E-state index in [1.54, 1.807) is 35.0 Å². The van der Waals surface area contributed by atoms with Gasteiger partial charge in [-0.25, -0.2) is 9.48 Å². The normalized spacial score (nSPS) is 13.5. The topological polar surface area (TPSA) is 115 Å². The number of anilines is 1. The Balaban J connectivity index is 1.49. The minimum atomic E-state index is -0.666. The molecule has 6 rings (SSSR count). The molecule has 1 saturated carbocycles. The number of halogens is 2. The van der Waals surface area contributed by atoms with Crippen molar-refractivity contribution in [1.82, 2.24) is 19.7 Å². The van der Waals surface area contributed by atoms with Crippen molar-refractivity contribution in [1.29, 1.82) is 0 Å². The summed E-state index contributed by atoms with van der Waals surface area (Å²) in [7, 11) is 0. The van der Waals surface area contributed by atoms with Crippen LogP contribution < -0.4 is 15.7 Å². The van der Waals surface area contributed by atoms with E-state index >= 15 is 0 Å². The maximum Gasteiger partial charge on any atom is 0.339 e. The Bertz CT molecular complexity index is 1670. The lowest BCUT2D eigenvalue weighted by atomic mass is 10.2. The molecule has 0 aliphatic heterocycles. The van der Waals surface area contributed by atoms with E-state index in [4.69, 9.17) is 32.4 Å². The molecule has 1 aliphatic rings. The van der Waals surface area contributed by atoms with Crippen LogP contribution in [0.1, 0.15) is 18.5 Å². The lowest BCUT2D eigenvalue weighted by molar-refractivity contribution is 0.442. The molecule has 11 heteroatoms. The van der Waals surface area contributed by atoms with E-state index in [2.05, 4.69) is 20.4 Å². The van der Waals surface area contributed by atoms with E-state index in [1.807, 2.05) is 6.92 Å². The molecule has 2 aromatic carbocycles. The molecule has 9 nitrogen and oxygen atoms in total. The van der Waals surface area contributed by atoms with Crippen molar-refractivity contribution in [3.63, 3.8) is 0 Å². The Kier molecular flexibility index (Phi) is 5.05. The molecule has 5 aromatic rings. The molecule has 3 aromatic heterocycles. The van der Waals surface area contributed by atoms with E-state index in [1.165, 1.54) is 6.07 Å². The van der Waals surface area contributed by atoms with Crippen LogP contribution in [0.5, 0.6) is 17.5 Å². The third-order valence-electron chi connectivity index (χ3n) is 5.60. The number of aryl methyl sites for hydroxylation is 1. The van der Waals surface area contributed by atoms with Gasteiger partial charge in [-0.1, -0.05) is 23.2 Å². The van der Waals surface area contributed by atoms with Crippen LogP contribution in [0.15, 0.2) is 51.7 Å². The molecule has 0 saturated heterocycles. The van der Waals surface area contributed by atoms with Gasteiger partial charge in [0.1, 0.15) is 22.9 Å². The highest BCUT2D eigenvalue weighted by atomic mass is 35.5. The number of hydrogen-bond donors (Lipinski definition) is 2. The number of hydrogen-bond acceptors (Lipinski definition) is 8. The molecule has 0 atom stereocenters. The van der Waals surface area contributed by atoms with E-state index in [0.717, 1.165) is 30.0 Å². The molecule has 2 N–H and O–H groups in total. The fourth-order valence-corrected chi connectivity index (χ4v) is 4.38. The van der Waals surface area contributed by atoms with Gasteiger partial charge in [-0.15, -0.1) is 0 Å². The van der Waals surface area contributed by atoms with Gasteiger partial charge in [0.05, 0.1) is 28.2 Å². The van der Waals surface area contributed by atoms with Crippen molar-refractivity contribution in [2.24, 2.45) is 0 Å². The molecule has 1 fully saturated rings. The maximum absolute atomic E-state index is 11.7. The van der Waals surface area contributed by atoms with E-state index in [9.17, 15) is 9.90 Å². The van der Waals surface area contributed by atoms with Crippen molar-refractivity contribution in [2.75, 3.05) is 5.32 Å². The lowest BCUT2D eigenvalue weighted by Gasteiger charge is -2.11. The smallest absolute Gasteiger partial charge is 0.339 e. The molecular weight excluding hydrogens is 493 g/mol. The highest BCUT2D eigenvalue weighted by Gasteiger charge is 2.26. The minimum Gasteiger partial charge on any atom is -0.507 e. The van der Waals surface area contributed by atoms with Crippen molar-refractivity contribution in [3.05, 3.63) is 68.6 Å². The Morgan fingerprint density at radius 3 is 2.63 bits per heavy atom. The number of rotatable bonds is 5. The number of fused-ring (bicyclic) bond motifs is 2. The third-order valence-corrected chi connectivity index (χ3v) is 6.03. The number of aromatic nitrogens is 4. The zero-order chi connectivity index (χ0) is 24.3. The number of ether oxygens (including phenoxy) is 1. The predicted molar refractivity (Wildman–Crippen MR) is 132 cm³/mol. The summed E-state index contributed by atoms with van der Waals surface area (Å²) < 4.78 is 12.8. The average molecular weight is 510 g/mol. The van der Waals surface area contributed by atoms with Gasteiger partial charge < -0.3 is 19.6 Å². The molecule has 35 heavy (non-hydrogen) atoms. The highest BCUT2D eigenvalue weighted by molar-refractivity contribution is 6.34. The first kappa shape index (κ1) is 21.7. The second-order valence-corrected chi connectivity index (χ2v) is 9.18. The van der Waals surface area contributed by atoms with Crippen LogP contribution in [0.4, 0.5) is 5.82 Å². The lowest BCUT2D eigenvalue weighted by Crippen LogP contribution is -2.06. The van der Waals surface area contributed by atoms with Gasteiger partial charge in [-0.05, 0) is 50.1 Å². The first-order valence-electron chi connectivity index (χ1n) is 10.8. The van der Waals surface area contributed by atoms with E-state index < -0.39 is 5.63 Å². The molecule has 0 unspecified atom stereocenters. The second-order valence-electron chi connectivity index (χ2n) is 8.31. The Hall–Kier alpha value is -3.82. The predicted octanol–water partition coefficient (Wildman–Crippen LogP) is 5.61. The molecule has 0 radical (unpaired) electrons. The number of nitrogens with zero attached hydrogens (tertiary/aromatic N) is 4. The molecule has 1 aliphatic carbocycles. The van der Waals surface area contributed by atoms with E-state index in [-0.39, 0.29) is 17.3 Å². The summed E-state index contributed by atoms with van der Waals surface area (Å²) in [5, 5.41) is 20.2. The first-order valence-corrected chi connectivity index (χ1v) is 11.5. The van der Waals surface area contributed by atoms with Gasteiger partial charge in [-0.2, -0.15) is 15.1 Å². The average Bonchev–Trinajstić information content (AvgIpc) is 3.53. The monoisotopic (exact) mass is 509 g/mol. The fourth-order valence-electron chi connectivity index (χ4n) is 3.87. The zero-order valence-electron chi connectivity index (χ0n) is 18.2. The molecular formula is C24H17Cl2N5O4. The van der Waals surface area contributed by atoms with Gasteiger partial charge in [0.2, 0.25) is 0 Å². The Morgan fingerprint density at radius 1 is 1.11 bits per heavy atom. The van der Waals surface area contributed by atoms with Gasteiger partial charge in [0.25, 0.3) is 0 Å². The largest absolute Gasteiger partial charge is 0.507 e. The zero-order valence-corrected chi connectivity index (χ0v) is 19.8. The maximum atomic E-state index is 11.7. The summed E-state index contributed by atoms with van der Waals surface area (Å²) in [6.07, 6.45) is 2.10. The van der Waals surface area contributed by atoms with E-state index in [0.29, 0.717) is 44.4 Å². The van der Waals surface area contributed by atoms with Crippen LogP contribution >= 0.6 is 23.2 Å². The Labute approximate surface area is 207 Å². The fraction of sp³-hybridized carbons (Fsp3) is 0.167. The van der Waals surface area contributed by atoms with Crippen LogP contribution in [0.3, 0.4) is 0 Å². The summed E-state index contributed by atoms with van der Waals surface area (Å²) >= 11 is 12.5. The molecule has 0 bridgehead atoms. The van der Waals surface area contributed by atoms with Gasteiger partial charge in [0.15, 0.2) is 5.65 Å². The molecule has 176 valence electrons. The molecule has 0 spiro atoms. The number of nitrogens with one attached hydrogen (secondary N) is 1. The molecule has 0 amide bonds. The van der Waals surface area contributed by atoms with Crippen molar-refractivity contribution < 1.29 is 14.3 Å². The number of benzene rings is 2. The third kappa shape index (κ3) is 4.13. The van der Waals surface area contributed by atoms with Crippen molar-refractivity contribution in [2.45, 2.75) is 25.8 Å². The van der Waals surface area contributed by atoms with Crippen LogP contribution in [-0.2, 0) is 0 Å². The van der Waals surface area contributed by atoms with Gasteiger partial charge >= 0.3 is 11.6 Å². The SMILES string of the molecule is Cc1nn(-c2cc(Cl)cc(Cl)c2)c2nc(Oc3ccc4c(O)cc(=O)oc4c3)nc(NC3CC3)c12. The van der Waals surface area contributed by atoms with Crippen LogP contribution in [0.2, 0.25) is 10.0 Å². The number of aromatic hydroxyl groups is 1. The van der Waals surface area contributed by atoms with Crippen LogP contribution in [0.25, 0.3) is 27.7 Å². The summed E-state index contributed by atoms with van der Waals surface area (Å²) in [5.41, 5.74) is 1.40. The highest BCUT2D eigenvalue weighted by Crippen LogP contribution is 2.35. The van der Waals surface area contributed by atoms with Crippen molar-refractivity contribution in [3.8, 4) is 23.2 Å². The first-order chi connectivity index (χ1) is 16.8.